The molecule has 15 heavy (non-hydrogen) atoms. The van der Waals surface area contributed by atoms with Crippen molar-refractivity contribution in [1.29, 1.82) is 0 Å². The maximum Gasteiger partial charge on any atom is 0.324 e. The maximum atomic E-state index is 10.6. The summed E-state index contributed by atoms with van der Waals surface area (Å²) in [7, 11) is 0. The molecule has 0 saturated heterocycles. The average molecular weight is 202 g/mol. The number of nitrogens with two attached hydrogens (primary N) is 1. The monoisotopic (exact) mass is 202 g/mol. The van der Waals surface area contributed by atoms with Gasteiger partial charge in [0.15, 0.2) is 0 Å². The number of fused-ring (bicyclic) bond motifs is 1. The quantitative estimate of drug-likeness (QED) is 0.756. The highest BCUT2D eigenvalue weighted by atomic mass is 16.4. The molecule has 0 amide bonds. The van der Waals surface area contributed by atoms with Crippen molar-refractivity contribution >= 4 is 23.4 Å². The number of hydrogen-bond donors (Lipinski definition) is 2. The lowest BCUT2D eigenvalue weighted by molar-refractivity contribution is -0.137. The summed E-state index contributed by atoms with van der Waals surface area (Å²) < 4.78 is 0. The van der Waals surface area contributed by atoms with E-state index in [2.05, 4.69) is 4.99 Å². The normalized spacial score (nSPS) is 17.8. The standard InChI is InChI=1S/C11H10N2O2/c12-9(11(14)15)5-7-6-13-10-4-2-1-3-8(7)10/h1-6,9H,12H2,(H,14,15)/t9-/m0/s1. The third kappa shape index (κ3) is 1.80. The zero-order valence-electron chi connectivity index (χ0n) is 7.92. The van der Waals surface area contributed by atoms with Crippen molar-refractivity contribution in [2.75, 3.05) is 0 Å². The first-order valence-electron chi connectivity index (χ1n) is 4.52. The van der Waals surface area contributed by atoms with Crippen LogP contribution in [0.25, 0.3) is 5.57 Å². The summed E-state index contributed by atoms with van der Waals surface area (Å²) in [5.74, 6) is -1.04. The van der Waals surface area contributed by atoms with Crippen LogP contribution in [0.4, 0.5) is 5.69 Å². The van der Waals surface area contributed by atoms with Crippen LogP contribution < -0.4 is 5.73 Å². The average Bonchev–Trinajstić information content (AvgIpc) is 2.62. The number of para-hydroxylation sites is 1. The molecule has 0 fully saturated rings. The topological polar surface area (TPSA) is 75.7 Å². The van der Waals surface area contributed by atoms with Gasteiger partial charge in [-0.3, -0.25) is 9.79 Å². The molecule has 0 aliphatic carbocycles. The SMILES string of the molecule is N[C@@H](C=C1C=Nc2ccccc21)C(=O)O. The van der Waals surface area contributed by atoms with E-state index in [0.717, 1.165) is 16.8 Å². The molecule has 0 unspecified atom stereocenters. The smallest absolute Gasteiger partial charge is 0.324 e. The van der Waals surface area contributed by atoms with Crippen LogP contribution in [0.15, 0.2) is 35.3 Å². The van der Waals surface area contributed by atoms with Gasteiger partial charge in [-0.05, 0) is 12.1 Å². The molecule has 1 heterocycles. The number of carboxylic acid groups (broad SMARTS) is 1. The molecule has 2 rings (SSSR count). The van der Waals surface area contributed by atoms with Crippen LogP contribution in [0.2, 0.25) is 0 Å². The highest BCUT2D eigenvalue weighted by molar-refractivity contribution is 6.17. The van der Waals surface area contributed by atoms with E-state index in [-0.39, 0.29) is 0 Å². The second-order valence-corrected chi connectivity index (χ2v) is 3.26. The molecule has 1 aromatic rings. The van der Waals surface area contributed by atoms with E-state index in [1.807, 2.05) is 24.3 Å². The molecule has 4 heteroatoms. The van der Waals surface area contributed by atoms with E-state index in [9.17, 15) is 4.79 Å². The Morgan fingerprint density at radius 1 is 1.47 bits per heavy atom. The number of carbonyl (C=O) groups is 1. The van der Waals surface area contributed by atoms with Crippen LogP contribution in [0, 0.1) is 0 Å². The lowest BCUT2D eigenvalue weighted by Crippen LogP contribution is -2.27. The summed E-state index contributed by atoms with van der Waals surface area (Å²) in [5, 5.41) is 8.68. The lowest BCUT2D eigenvalue weighted by atomic mass is 10.1. The van der Waals surface area contributed by atoms with Crippen molar-refractivity contribution in [2.24, 2.45) is 10.7 Å². The Morgan fingerprint density at radius 2 is 2.20 bits per heavy atom. The Morgan fingerprint density at radius 3 is 2.93 bits per heavy atom. The van der Waals surface area contributed by atoms with Crippen LogP contribution in [0.5, 0.6) is 0 Å². The van der Waals surface area contributed by atoms with Crippen LogP contribution in [-0.2, 0) is 4.79 Å². The van der Waals surface area contributed by atoms with Crippen molar-refractivity contribution in [1.82, 2.24) is 0 Å². The Kier molecular flexibility index (Phi) is 2.35. The Balaban J connectivity index is 2.36. The number of carboxylic acids is 1. The van der Waals surface area contributed by atoms with E-state index >= 15 is 0 Å². The maximum absolute atomic E-state index is 10.6. The summed E-state index contributed by atoms with van der Waals surface area (Å²) in [6.07, 6.45) is 3.13. The summed E-state index contributed by atoms with van der Waals surface area (Å²) in [6.45, 7) is 0. The molecule has 1 aliphatic heterocycles. The van der Waals surface area contributed by atoms with Crippen LogP contribution in [0.1, 0.15) is 5.56 Å². The molecule has 76 valence electrons. The largest absolute Gasteiger partial charge is 0.480 e. The predicted octanol–water partition coefficient (Wildman–Crippen LogP) is 1.20. The Bertz CT molecular complexity index is 463. The second-order valence-electron chi connectivity index (χ2n) is 3.26. The van der Waals surface area contributed by atoms with E-state index < -0.39 is 12.0 Å². The van der Waals surface area contributed by atoms with Gasteiger partial charge in [-0.25, -0.2) is 0 Å². The van der Waals surface area contributed by atoms with Gasteiger partial charge in [0, 0.05) is 17.4 Å². The van der Waals surface area contributed by atoms with Crippen LogP contribution >= 0.6 is 0 Å². The lowest BCUT2D eigenvalue weighted by Gasteiger charge is -2.02. The molecule has 0 aromatic heterocycles. The Labute approximate surface area is 86.8 Å². The first kappa shape index (κ1) is 9.61. The minimum Gasteiger partial charge on any atom is -0.480 e. The first-order chi connectivity index (χ1) is 7.18. The molecule has 1 aliphatic rings. The summed E-state index contributed by atoms with van der Waals surface area (Å²) >= 11 is 0. The highest BCUT2D eigenvalue weighted by Gasteiger charge is 2.14. The van der Waals surface area contributed by atoms with E-state index in [4.69, 9.17) is 10.8 Å². The third-order valence-corrected chi connectivity index (χ3v) is 2.20. The van der Waals surface area contributed by atoms with Crippen molar-refractivity contribution in [3.8, 4) is 0 Å². The molecule has 0 spiro atoms. The van der Waals surface area contributed by atoms with Gasteiger partial charge in [-0.1, -0.05) is 18.2 Å². The molecule has 3 N–H and O–H groups in total. The van der Waals surface area contributed by atoms with Crippen molar-refractivity contribution < 1.29 is 9.90 Å². The van der Waals surface area contributed by atoms with E-state index in [1.165, 1.54) is 6.08 Å². The number of rotatable bonds is 2. The molecule has 0 radical (unpaired) electrons. The molecule has 0 bridgehead atoms. The van der Waals surface area contributed by atoms with Crippen molar-refractivity contribution in [3.05, 3.63) is 35.9 Å². The molecule has 1 atom stereocenters. The number of aliphatic carboxylic acids is 1. The molecule has 1 aromatic carbocycles. The fourth-order valence-electron chi connectivity index (χ4n) is 1.44. The van der Waals surface area contributed by atoms with E-state index in [1.54, 1.807) is 6.21 Å². The molecule has 4 nitrogen and oxygen atoms in total. The third-order valence-electron chi connectivity index (χ3n) is 2.20. The first-order valence-corrected chi connectivity index (χ1v) is 4.52. The molecule has 0 saturated carbocycles. The fraction of sp³-hybridized carbons (Fsp3) is 0.0909. The summed E-state index contributed by atoms with van der Waals surface area (Å²) in [6, 6.07) is 6.54. The molecular weight excluding hydrogens is 192 g/mol. The van der Waals surface area contributed by atoms with Crippen LogP contribution in [-0.4, -0.2) is 23.3 Å². The zero-order chi connectivity index (χ0) is 10.8. The van der Waals surface area contributed by atoms with Gasteiger partial charge in [0.2, 0.25) is 0 Å². The Hall–Kier alpha value is -1.94. The number of aliphatic imine (C=N–C) groups is 1. The van der Waals surface area contributed by atoms with Gasteiger partial charge in [0.25, 0.3) is 0 Å². The van der Waals surface area contributed by atoms with E-state index in [0.29, 0.717) is 0 Å². The van der Waals surface area contributed by atoms with Gasteiger partial charge in [0.05, 0.1) is 5.69 Å². The van der Waals surface area contributed by atoms with Gasteiger partial charge in [0.1, 0.15) is 6.04 Å². The second kappa shape index (κ2) is 3.67. The number of allylic oxidation sites excluding steroid dienone is 1. The molecular formula is C11H10N2O2. The van der Waals surface area contributed by atoms with Gasteiger partial charge >= 0.3 is 5.97 Å². The minimum atomic E-state index is -1.04. The fourth-order valence-corrected chi connectivity index (χ4v) is 1.44. The number of benzene rings is 1. The van der Waals surface area contributed by atoms with Crippen molar-refractivity contribution in [2.45, 2.75) is 6.04 Å². The predicted molar refractivity (Wildman–Crippen MR) is 58.2 cm³/mol. The summed E-state index contributed by atoms with van der Waals surface area (Å²) in [5.41, 5.74) is 7.95. The van der Waals surface area contributed by atoms with Gasteiger partial charge in [-0.2, -0.15) is 0 Å². The minimum absolute atomic E-state index is 0.764. The zero-order valence-corrected chi connectivity index (χ0v) is 7.92. The van der Waals surface area contributed by atoms with Crippen LogP contribution in [0.3, 0.4) is 0 Å². The van der Waals surface area contributed by atoms with Gasteiger partial charge in [-0.15, -0.1) is 0 Å². The van der Waals surface area contributed by atoms with Crippen molar-refractivity contribution in [3.63, 3.8) is 0 Å². The van der Waals surface area contributed by atoms with Gasteiger partial charge < -0.3 is 10.8 Å². The number of nitrogens with zero attached hydrogens (tertiary/aromatic N) is 1. The number of hydrogen-bond acceptors (Lipinski definition) is 3. The highest BCUT2D eigenvalue weighted by Crippen LogP contribution is 2.30. The summed E-state index contributed by atoms with van der Waals surface area (Å²) in [4.78, 5) is 14.7.